The fourth-order valence-corrected chi connectivity index (χ4v) is 19.4. The van der Waals surface area contributed by atoms with Crippen molar-refractivity contribution in [2.24, 2.45) is 28.7 Å². The summed E-state index contributed by atoms with van der Waals surface area (Å²) in [5.74, 6) is 0.834. The third-order valence-corrected chi connectivity index (χ3v) is 27.6. The predicted molar refractivity (Wildman–Crippen MR) is 495 cm³/mol. The van der Waals surface area contributed by atoms with Gasteiger partial charge in [0.15, 0.2) is 46.3 Å². The van der Waals surface area contributed by atoms with Gasteiger partial charge in [-0.25, -0.2) is 4.39 Å². The number of carbonyl (C=O) groups excluding carboxylic acids is 8. The number of aryl methyl sites for hydroxylation is 5. The second-order valence-electron chi connectivity index (χ2n) is 36.3. The maximum atomic E-state index is 12.8. The Morgan fingerprint density at radius 1 is 0.256 bits per heavy atom. The molecule has 13 N–H and O–H groups in total. The molecule has 0 heterocycles. The van der Waals surface area contributed by atoms with Gasteiger partial charge in [0.1, 0.15) is 50.1 Å². The summed E-state index contributed by atoms with van der Waals surface area (Å²) in [6.45, 7) is 10.2. The topological polar surface area (TPSA) is 303 Å². The smallest absolute Gasteiger partial charge is 0.315 e. The second kappa shape index (κ2) is 45.4. The molecule has 8 aliphatic carbocycles. The van der Waals surface area contributed by atoms with E-state index in [9.17, 15) is 69.1 Å². The van der Waals surface area contributed by atoms with Gasteiger partial charge < -0.3 is 44.6 Å². The van der Waals surface area contributed by atoms with Gasteiger partial charge in [0, 0.05) is 51.4 Å². The van der Waals surface area contributed by atoms with Gasteiger partial charge in [-0.05, 0) is 251 Å². The number of hydrogen-bond acceptors (Lipinski definition) is 16. The Labute approximate surface area is 757 Å². The maximum Gasteiger partial charge on any atom is 0.416 e. The van der Waals surface area contributed by atoms with E-state index in [2.05, 4.69) is 66.2 Å². The van der Waals surface area contributed by atoms with Crippen LogP contribution in [0.3, 0.4) is 0 Å². The van der Waals surface area contributed by atoms with Crippen molar-refractivity contribution in [1.82, 2.24) is 16.0 Å². The average molecular weight is 1780 g/mol. The lowest BCUT2D eigenvalue weighted by Crippen LogP contribution is -2.49. The molecule has 0 bridgehead atoms. The van der Waals surface area contributed by atoms with Crippen LogP contribution in [-0.2, 0) is 95.0 Å². The molecule has 0 unspecified atom stereocenters. The van der Waals surface area contributed by atoms with Crippen LogP contribution in [-0.4, -0.2) is 67.4 Å². The van der Waals surface area contributed by atoms with E-state index < -0.39 is 67.8 Å². The van der Waals surface area contributed by atoms with E-state index in [1.54, 1.807) is 25.2 Å². The van der Waals surface area contributed by atoms with Crippen LogP contribution in [0.4, 0.5) is 30.7 Å². The lowest BCUT2D eigenvalue weighted by molar-refractivity contribution is -0.138. The number of hydrogen-bond donors (Lipinski definition) is 8. The summed E-state index contributed by atoms with van der Waals surface area (Å²) in [6, 6.07) is 56.2. The summed E-state index contributed by atoms with van der Waals surface area (Å²) in [5.41, 5.74) is 35.9. The Morgan fingerprint density at radius 3 is 0.876 bits per heavy atom. The zero-order valence-corrected chi connectivity index (χ0v) is 76.4. The largest absolute Gasteiger partial charge is 0.416 e. The van der Waals surface area contributed by atoms with Crippen molar-refractivity contribution in [3.8, 4) is 0 Å². The molecule has 0 amide bonds. The Morgan fingerprint density at radius 2 is 0.535 bits per heavy atom. The molecule has 23 heteroatoms. The van der Waals surface area contributed by atoms with Crippen molar-refractivity contribution in [2.75, 3.05) is 21.1 Å². The molecule has 0 aliphatic heterocycles. The van der Waals surface area contributed by atoms with Gasteiger partial charge in [0.25, 0.3) is 0 Å². The second-order valence-corrected chi connectivity index (χ2v) is 36.3. The van der Waals surface area contributed by atoms with Crippen molar-refractivity contribution in [2.45, 2.75) is 297 Å². The normalized spacial score (nSPS) is 25.9. The van der Waals surface area contributed by atoms with Crippen molar-refractivity contribution >= 4 is 46.3 Å². The number of halogens is 7. The summed E-state index contributed by atoms with van der Waals surface area (Å²) < 4.78 is 88.9. The molecule has 0 aromatic heterocycles. The highest BCUT2D eigenvalue weighted by molar-refractivity contribution is 5.95. The van der Waals surface area contributed by atoms with Crippen LogP contribution in [0.25, 0.3) is 0 Å². The van der Waals surface area contributed by atoms with Gasteiger partial charge >= 0.3 is 12.4 Å². The van der Waals surface area contributed by atoms with E-state index in [1.165, 1.54) is 47.0 Å². The third-order valence-electron chi connectivity index (χ3n) is 27.6. The number of benzene rings is 8. The first-order valence-corrected chi connectivity index (χ1v) is 45.9. The van der Waals surface area contributed by atoms with Crippen molar-refractivity contribution in [3.63, 3.8) is 0 Å². The molecule has 16 nitrogen and oxygen atoms in total. The first-order chi connectivity index (χ1) is 61.2. The fraction of sp³-hybridized carbons (Fsp3) is 0.472. The van der Waals surface area contributed by atoms with E-state index in [1.807, 2.05) is 120 Å². The minimum absolute atomic E-state index is 0.0272. The highest BCUT2D eigenvalue weighted by Gasteiger charge is 2.47. The lowest BCUT2D eigenvalue weighted by atomic mass is 9.74. The standard InChI is InChI=1S/C14H16F3NO.2C14H19NO.C13H14F3NO.3C13H17NO.C12H14FNO/c1-18-13(8-3-2-7-12(13)19)10-5-4-6-11(9-10)14(15,16)17;1-11-7-3-4-8-12(11)14(15-2)10-6-5-9-13(14)16;1-11-6-8-12(9-7-11)14(15-2)10-4-3-5-13(14)16;14-13(15,16)10-5-3-4-9(8-10)12(17)7-2-1-6-11(12)18;1-10-5-4-6-11(9-10)13(14)8-3-2-7-12(13)15;1-10-6-2-3-7-11(10)13(14)9-5-4-8-12(13)15;1-10-5-7-11(8-6-10)13(14)9-3-2-4-12(13)15;13-10-6-4-9(5-7-10)12(14)8-2-1-3-11(12)15/h4-6,9,18H,2-3,7-8H2,1H3;3-4,7-8,15H,5-6,9-10H2,1-2H3;6-9,15H,3-5,10H2,1-2H3;3-5,8H,1-2,6-7,17H2;4-6,9H,2-3,7-8,14H2,1H3;2-3,6-7H,4-5,8-9,14H2,1H3;5-8H,2-4,9,14H2,1H3;4-7H,1-3,8,14H2/t13-;2*14-;12-;3*13-;12-/m11111111/s1. The Bertz CT molecular complexity index is 5080. The third kappa shape index (κ3) is 24.9. The van der Waals surface area contributed by atoms with Crippen molar-refractivity contribution < 1.29 is 69.1 Å². The molecule has 0 spiro atoms. The minimum atomic E-state index is -4.41. The highest BCUT2D eigenvalue weighted by Crippen LogP contribution is 2.43. The van der Waals surface area contributed by atoms with Crippen LogP contribution >= 0.6 is 0 Å². The van der Waals surface area contributed by atoms with Crippen LogP contribution < -0.4 is 44.6 Å². The first-order valence-electron chi connectivity index (χ1n) is 45.9. The number of alkyl halides is 6. The Kier molecular flexibility index (Phi) is 36.3. The van der Waals surface area contributed by atoms with Gasteiger partial charge in [-0.15, -0.1) is 0 Å². The van der Waals surface area contributed by atoms with Crippen LogP contribution in [0.15, 0.2) is 194 Å². The zero-order chi connectivity index (χ0) is 94.2. The summed E-state index contributed by atoms with van der Waals surface area (Å²) in [7, 11) is 5.42. The Balaban J connectivity index is 0.000000166. The van der Waals surface area contributed by atoms with Crippen LogP contribution in [0, 0.1) is 40.4 Å². The Hall–Kier alpha value is -9.69. The molecule has 694 valence electrons. The molecule has 8 saturated carbocycles. The number of rotatable bonds is 11. The van der Waals surface area contributed by atoms with Gasteiger partial charge in [0.2, 0.25) is 0 Å². The molecular weight excluding hydrogens is 1650 g/mol. The lowest BCUT2D eigenvalue weighted by Gasteiger charge is -2.37. The molecule has 16 rings (SSSR count). The van der Waals surface area contributed by atoms with Crippen molar-refractivity contribution in [3.05, 3.63) is 283 Å². The number of likely N-dealkylation sites (N-methyl/N-ethyl adjacent to an activating group) is 3. The molecule has 0 saturated heterocycles. The average Bonchev–Trinajstić information content (AvgIpc) is 0.761. The quantitative estimate of drug-likeness (QED) is 0.0558. The summed E-state index contributed by atoms with van der Waals surface area (Å²) in [4.78, 5) is 95.9. The number of carbonyl (C=O) groups is 8. The SMILES string of the molecule is CN[C@@]1(c2ccc(C)cc2)CCCCC1=O.CN[C@@]1(c2cccc(C(F)(F)F)c2)CCCCC1=O.CN[C@@]1(c2ccccc2C)CCCCC1=O.Cc1ccc([C@]2(N)CCCCC2=O)cc1.Cc1cccc([C@]2(N)CCCCC2=O)c1.Cc1ccccc1[C@]1(N)CCCCC1=O.N[C@@]1(c2ccc(F)cc2)CCCCC1=O.N[C@@]1(c2cccc(C(F)(F)F)c2)CCCCC1=O. The fourth-order valence-electron chi connectivity index (χ4n) is 19.4. The van der Waals surface area contributed by atoms with Gasteiger partial charge in [0.05, 0.1) is 11.1 Å². The highest BCUT2D eigenvalue weighted by atomic mass is 19.4. The van der Waals surface area contributed by atoms with Gasteiger partial charge in [-0.3, -0.25) is 38.4 Å². The minimum Gasteiger partial charge on any atom is -0.315 e. The maximum absolute atomic E-state index is 12.8. The van der Waals surface area contributed by atoms with E-state index in [0.717, 1.165) is 204 Å². The first kappa shape index (κ1) is 103. The van der Waals surface area contributed by atoms with Crippen LogP contribution in [0.5, 0.6) is 0 Å². The van der Waals surface area contributed by atoms with Crippen LogP contribution in [0.1, 0.15) is 289 Å². The number of ketones is 8. The summed E-state index contributed by atoms with van der Waals surface area (Å²) in [6.07, 6.45) is 17.1. The van der Waals surface area contributed by atoms with Crippen molar-refractivity contribution in [1.29, 1.82) is 0 Å². The molecule has 8 atom stereocenters. The van der Waals surface area contributed by atoms with E-state index in [4.69, 9.17) is 28.7 Å². The number of Topliss-reactive ketones (excluding diaryl/α,β-unsaturated/α-hetero) is 8. The molecule has 8 aromatic carbocycles. The monoisotopic (exact) mass is 1780 g/mol. The number of nitrogens with two attached hydrogens (primary N) is 5. The van der Waals surface area contributed by atoms with E-state index in [-0.39, 0.29) is 46.1 Å². The molecule has 8 fully saturated rings. The van der Waals surface area contributed by atoms with E-state index >= 15 is 0 Å². The zero-order valence-electron chi connectivity index (χ0n) is 76.4. The summed E-state index contributed by atoms with van der Waals surface area (Å²) >= 11 is 0. The predicted octanol–water partition coefficient (Wildman–Crippen LogP) is 20.4. The summed E-state index contributed by atoms with van der Waals surface area (Å²) in [5, 5.41) is 9.47. The molecule has 8 aliphatic rings. The van der Waals surface area contributed by atoms with Gasteiger partial charge in [-0.1, -0.05) is 226 Å². The molecule has 0 radical (unpaired) electrons. The molecule has 129 heavy (non-hydrogen) atoms. The van der Waals surface area contributed by atoms with E-state index in [0.29, 0.717) is 87.8 Å². The van der Waals surface area contributed by atoms with Gasteiger partial charge in [-0.2, -0.15) is 26.3 Å². The number of nitrogens with one attached hydrogen (secondary N) is 3. The molecular formula is C106H133F7N8O8. The van der Waals surface area contributed by atoms with Crippen LogP contribution in [0.2, 0.25) is 0 Å². The molecule has 8 aromatic rings.